The van der Waals surface area contributed by atoms with Crippen LogP contribution < -0.4 is 0 Å². The Kier molecular flexibility index (Phi) is 2.55. The number of rotatable bonds is 2. The van der Waals surface area contributed by atoms with Crippen LogP contribution in [-0.4, -0.2) is 19.9 Å². The Morgan fingerprint density at radius 3 is 2.43 bits per heavy atom. The lowest BCUT2D eigenvalue weighted by atomic mass is 9.92. The van der Waals surface area contributed by atoms with Crippen molar-refractivity contribution in [3.8, 4) is 0 Å². The second kappa shape index (κ2) is 3.36. The first-order chi connectivity index (χ1) is 6.38. The highest BCUT2D eigenvalue weighted by molar-refractivity contribution is 5.30. The molecule has 0 bridgehead atoms. The summed E-state index contributed by atoms with van der Waals surface area (Å²) in [7, 11) is 0. The standard InChI is InChI=1S/C8H14N4O2/c1-5-11-6(8(2,3)4)7(9-10-11)12(13)14/h5H2,1-4H3. The lowest BCUT2D eigenvalue weighted by Gasteiger charge is -2.17. The Bertz CT molecular complexity index is 351. The van der Waals surface area contributed by atoms with Crippen LogP contribution in [0.25, 0.3) is 0 Å². The number of aromatic nitrogens is 3. The highest BCUT2D eigenvalue weighted by Crippen LogP contribution is 2.28. The zero-order valence-electron chi connectivity index (χ0n) is 8.81. The van der Waals surface area contributed by atoms with E-state index >= 15 is 0 Å². The summed E-state index contributed by atoms with van der Waals surface area (Å²) < 4.78 is 1.57. The van der Waals surface area contributed by atoms with Gasteiger partial charge in [0.1, 0.15) is 10.8 Å². The Morgan fingerprint density at radius 2 is 2.07 bits per heavy atom. The number of nitro groups is 1. The van der Waals surface area contributed by atoms with Crippen molar-refractivity contribution < 1.29 is 4.92 Å². The van der Waals surface area contributed by atoms with Gasteiger partial charge in [0.2, 0.25) is 0 Å². The van der Waals surface area contributed by atoms with Crippen molar-refractivity contribution in [2.45, 2.75) is 39.7 Å². The van der Waals surface area contributed by atoms with E-state index < -0.39 is 4.92 Å². The van der Waals surface area contributed by atoms with Crippen LogP contribution in [-0.2, 0) is 12.0 Å². The van der Waals surface area contributed by atoms with Gasteiger partial charge in [0.05, 0.1) is 5.21 Å². The average Bonchev–Trinajstić information content (AvgIpc) is 2.45. The molecule has 0 unspecified atom stereocenters. The van der Waals surface area contributed by atoms with Crippen LogP contribution in [0.4, 0.5) is 5.82 Å². The van der Waals surface area contributed by atoms with Crippen LogP contribution in [0.1, 0.15) is 33.4 Å². The van der Waals surface area contributed by atoms with Gasteiger partial charge in [-0.25, -0.2) is 4.68 Å². The summed E-state index contributed by atoms with van der Waals surface area (Å²) in [6.45, 7) is 8.20. The Balaban J connectivity index is 3.34. The predicted molar refractivity (Wildman–Crippen MR) is 51.1 cm³/mol. The molecule has 0 saturated heterocycles. The number of hydrogen-bond acceptors (Lipinski definition) is 4. The van der Waals surface area contributed by atoms with E-state index in [4.69, 9.17) is 0 Å². The second-order valence-electron chi connectivity index (χ2n) is 4.08. The molecule has 0 aliphatic carbocycles. The summed E-state index contributed by atoms with van der Waals surface area (Å²) in [6.07, 6.45) is 0. The molecule has 0 radical (unpaired) electrons. The summed E-state index contributed by atoms with van der Waals surface area (Å²) in [5.74, 6) is -0.139. The molecular weight excluding hydrogens is 184 g/mol. The molecular formula is C8H14N4O2. The molecule has 0 N–H and O–H groups in total. The van der Waals surface area contributed by atoms with Gasteiger partial charge in [-0.2, -0.15) is 0 Å². The third kappa shape index (κ3) is 1.73. The number of nitrogens with zero attached hydrogens (tertiary/aromatic N) is 4. The van der Waals surface area contributed by atoms with E-state index in [1.54, 1.807) is 4.68 Å². The Morgan fingerprint density at radius 1 is 1.50 bits per heavy atom. The van der Waals surface area contributed by atoms with Gasteiger partial charge in [-0.15, -0.1) is 0 Å². The van der Waals surface area contributed by atoms with E-state index in [2.05, 4.69) is 10.3 Å². The fourth-order valence-electron chi connectivity index (χ4n) is 1.37. The number of aryl methyl sites for hydroxylation is 1. The maximum absolute atomic E-state index is 10.7. The number of hydrogen-bond donors (Lipinski definition) is 0. The van der Waals surface area contributed by atoms with Crippen molar-refractivity contribution in [1.82, 2.24) is 15.0 Å². The Labute approximate surface area is 82.1 Å². The van der Waals surface area contributed by atoms with Crippen molar-refractivity contribution in [3.05, 3.63) is 15.8 Å². The zero-order valence-corrected chi connectivity index (χ0v) is 8.81. The summed E-state index contributed by atoms with van der Waals surface area (Å²) in [4.78, 5) is 10.2. The Hall–Kier alpha value is -1.46. The quantitative estimate of drug-likeness (QED) is 0.533. The second-order valence-corrected chi connectivity index (χ2v) is 4.08. The largest absolute Gasteiger partial charge is 0.414 e. The van der Waals surface area contributed by atoms with Crippen LogP contribution in [0, 0.1) is 10.1 Å². The first-order valence-electron chi connectivity index (χ1n) is 4.46. The maximum Gasteiger partial charge on any atom is 0.414 e. The molecule has 0 atom stereocenters. The van der Waals surface area contributed by atoms with Crippen molar-refractivity contribution in [1.29, 1.82) is 0 Å². The van der Waals surface area contributed by atoms with Gasteiger partial charge in [0.15, 0.2) is 0 Å². The lowest BCUT2D eigenvalue weighted by molar-refractivity contribution is -0.390. The minimum absolute atomic E-state index is 0.139. The van der Waals surface area contributed by atoms with Gasteiger partial charge in [-0.05, 0) is 11.8 Å². The molecule has 0 amide bonds. The summed E-state index contributed by atoms with van der Waals surface area (Å²) in [5.41, 5.74) is 0.257. The van der Waals surface area contributed by atoms with Crippen LogP contribution in [0.2, 0.25) is 0 Å². The van der Waals surface area contributed by atoms with Crippen LogP contribution in [0.15, 0.2) is 0 Å². The third-order valence-corrected chi connectivity index (χ3v) is 1.90. The minimum atomic E-state index is -0.486. The van der Waals surface area contributed by atoms with Gasteiger partial charge in [-0.3, -0.25) is 0 Å². The molecule has 0 aliphatic rings. The fraction of sp³-hybridized carbons (Fsp3) is 0.750. The van der Waals surface area contributed by atoms with Gasteiger partial charge in [0, 0.05) is 12.0 Å². The monoisotopic (exact) mass is 198 g/mol. The average molecular weight is 198 g/mol. The molecule has 0 spiro atoms. The molecule has 1 heterocycles. The highest BCUT2D eigenvalue weighted by Gasteiger charge is 2.32. The molecule has 1 rings (SSSR count). The van der Waals surface area contributed by atoms with Gasteiger partial charge in [0.25, 0.3) is 0 Å². The summed E-state index contributed by atoms with van der Waals surface area (Å²) in [6, 6.07) is 0. The van der Waals surface area contributed by atoms with E-state index in [1.807, 2.05) is 27.7 Å². The van der Waals surface area contributed by atoms with Crippen LogP contribution in [0.3, 0.4) is 0 Å². The fourth-order valence-corrected chi connectivity index (χ4v) is 1.37. The van der Waals surface area contributed by atoms with Crippen molar-refractivity contribution in [2.24, 2.45) is 0 Å². The highest BCUT2D eigenvalue weighted by atomic mass is 16.6. The van der Waals surface area contributed by atoms with Gasteiger partial charge < -0.3 is 10.1 Å². The van der Waals surface area contributed by atoms with Crippen LogP contribution in [0.5, 0.6) is 0 Å². The zero-order chi connectivity index (χ0) is 10.9. The summed E-state index contributed by atoms with van der Waals surface area (Å²) in [5, 5.41) is 18.0. The van der Waals surface area contributed by atoms with Crippen molar-refractivity contribution in [3.63, 3.8) is 0 Å². The smallest absolute Gasteiger partial charge is 0.358 e. The molecule has 78 valence electrons. The first kappa shape index (κ1) is 10.6. The lowest BCUT2D eigenvalue weighted by Crippen LogP contribution is -2.19. The molecule has 1 aromatic heterocycles. The SMILES string of the molecule is CCn1nnc([N+](=O)[O-])c1C(C)(C)C. The topological polar surface area (TPSA) is 73.8 Å². The molecule has 0 aliphatic heterocycles. The molecule has 6 nitrogen and oxygen atoms in total. The van der Waals surface area contributed by atoms with Crippen LogP contribution >= 0.6 is 0 Å². The van der Waals surface area contributed by atoms with Crippen molar-refractivity contribution in [2.75, 3.05) is 0 Å². The maximum atomic E-state index is 10.7. The molecule has 0 saturated carbocycles. The first-order valence-corrected chi connectivity index (χ1v) is 4.46. The van der Waals surface area contributed by atoms with E-state index in [1.165, 1.54) is 0 Å². The third-order valence-electron chi connectivity index (χ3n) is 1.90. The molecule has 6 heteroatoms. The van der Waals surface area contributed by atoms with E-state index in [-0.39, 0.29) is 11.2 Å². The van der Waals surface area contributed by atoms with Gasteiger partial charge in [-0.1, -0.05) is 20.8 Å². The molecule has 0 aromatic carbocycles. The predicted octanol–water partition coefficient (Wildman–Crippen LogP) is 1.50. The minimum Gasteiger partial charge on any atom is -0.358 e. The molecule has 1 aromatic rings. The molecule has 0 fully saturated rings. The van der Waals surface area contributed by atoms with E-state index in [0.717, 1.165) is 0 Å². The molecule has 14 heavy (non-hydrogen) atoms. The van der Waals surface area contributed by atoms with Gasteiger partial charge >= 0.3 is 5.82 Å². The summed E-state index contributed by atoms with van der Waals surface area (Å²) >= 11 is 0. The normalized spacial score (nSPS) is 11.7. The van der Waals surface area contributed by atoms with E-state index in [9.17, 15) is 10.1 Å². The van der Waals surface area contributed by atoms with E-state index in [0.29, 0.717) is 12.2 Å². The van der Waals surface area contributed by atoms with Crippen molar-refractivity contribution >= 4 is 5.82 Å².